The Morgan fingerprint density at radius 1 is 1.15 bits per heavy atom. The van der Waals surface area contributed by atoms with Gasteiger partial charge in [0.25, 0.3) is 0 Å². The van der Waals surface area contributed by atoms with E-state index in [-0.39, 0.29) is 11.9 Å². The van der Waals surface area contributed by atoms with E-state index in [0.29, 0.717) is 13.0 Å². The molecule has 1 aromatic carbocycles. The predicted molar refractivity (Wildman–Crippen MR) is 104 cm³/mol. The first-order chi connectivity index (χ1) is 13.1. The normalized spacial score (nSPS) is 17.5. The van der Waals surface area contributed by atoms with Crippen LogP contribution in [0, 0.1) is 0 Å². The number of hydrogen-bond donors (Lipinski definition) is 1. The summed E-state index contributed by atoms with van der Waals surface area (Å²) in [5.41, 5.74) is 2.10. The second kappa shape index (κ2) is 7.34. The summed E-state index contributed by atoms with van der Waals surface area (Å²) in [7, 11) is 3.74. The number of carbonyl (C=O) groups is 1. The molecule has 1 amide bonds. The lowest BCUT2D eigenvalue weighted by molar-refractivity contribution is -0.132. The zero-order valence-corrected chi connectivity index (χ0v) is 15.7. The number of likely N-dealkylation sites (tertiary alicyclic amines) is 1. The van der Waals surface area contributed by atoms with Crippen molar-refractivity contribution in [2.45, 2.75) is 31.7 Å². The fourth-order valence-electron chi connectivity index (χ4n) is 3.51. The zero-order chi connectivity index (χ0) is 18.8. The van der Waals surface area contributed by atoms with E-state index < -0.39 is 0 Å². The van der Waals surface area contributed by atoms with Crippen molar-refractivity contribution in [3.05, 3.63) is 47.9 Å². The number of amides is 1. The second-order valence-corrected chi connectivity index (χ2v) is 7.13. The van der Waals surface area contributed by atoms with Crippen LogP contribution in [0.1, 0.15) is 24.2 Å². The van der Waals surface area contributed by atoms with E-state index in [0.717, 1.165) is 41.9 Å². The number of likely N-dealkylation sites (N-methyl/N-ethyl adjacent to an activating group) is 1. The van der Waals surface area contributed by atoms with Gasteiger partial charge in [0.2, 0.25) is 5.91 Å². The summed E-state index contributed by atoms with van der Waals surface area (Å²) in [6, 6.07) is 10.6. The number of anilines is 1. The molecule has 0 spiro atoms. The Bertz CT molecular complexity index is 952. The summed E-state index contributed by atoms with van der Waals surface area (Å²) >= 11 is 0. The van der Waals surface area contributed by atoms with Gasteiger partial charge in [0, 0.05) is 39.5 Å². The summed E-state index contributed by atoms with van der Waals surface area (Å²) in [5, 5.41) is 8.79. The van der Waals surface area contributed by atoms with E-state index >= 15 is 0 Å². The van der Waals surface area contributed by atoms with Gasteiger partial charge in [-0.1, -0.05) is 30.3 Å². The highest BCUT2D eigenvalue weighted by molar-refractivity contribution is 5.86. The highest BCUT2D eigenvalue weighted by Gasteiger charge is 2.24. The Morgan fingerprint density at radius 2 is 1.96 bits per heavy atom. The molecule has 1 saturated heterocycles. The Morgan fingerprint density at radius 3 is 2.74 bits per heavy atom. The topological polar surface area (TPSA) is 75.9 Å². The Labute approximate surface area is 158 Å². The van der Waals surface area contributed by atoms with Crippen LogP contribution in [0.5, 0.6) is 0 Å². The summed E-state index contributed by atoms with van der Waals surface area (Å²) in [6.45, 7) is 0.684. The number of nitrogens with zero attached hydrogens (tertiary/aromatic N) is 5. The number of benzene rings is 1. The van der Waals surface area contributed by atoms with Gasteiger partial charge in [0.05, 0.1) is 11.6 Å². The fourth-order valence-corrected chi connectivity index (χ4v) is 3.51. The van der Waals surface area contributed by atoms with Gasteiger partial charge in [-0.05, 0) is 18.4 Å². The standard InChI is InChI=1S/C20H24N6O/c1-25-13-15(9-11-18(25)27)22-19-16-12-21-26(2)20(16)24-17(23-19)10-8-14-6-4-3-5-7-14/h3-7,12,15H,8-11,13H2,1-2H3,(H,22,23,24)/t15-/m1/s1. The van der Waals surface area contributed by atoms with Gasteiger partial charge in [-0.15, -0.1) is 0 Å². The molecule has 0 saturated carbocycles. The average Bonchev–Trinajstić information content (AvgIpc) is 3.05. The molecule has 0 aliphatic carbocycles. The largest absolute Gasteiger partial charge is 0.365 e. The summed E-state index contributed by atoms with van der Waals surface area (Å²) in [4.78, 5) is 23.0. The van der Waals surface area contributed by atoms with E-state index in [1.165, 1.54) is 5.56 Å². The van der Waals surface area contributed by atoms with E-state index in [1.54, 1.807) is 15.8 Å². The first-order valence-electron chi connectivity index (χ1n) is 9.33. The van der Waals surface area contributed by atoms with Crippen molar-refractivity contribution in [2.24, 2.45) is 7.05 Å². The van der Waals surface area contributed by atoms with Gasteiger partial charge in [-0.25, -0.2) is 9.97 Å². The number of rotatable bonds is 5. The van der Waals surface area contributed by atoms with Crippen LogP contribution in [0.15, 0.2) is 36.5 Å². The number of carbonyl (C=O) groups excluding carboxylic acids is 1. The van der Waals surface area contributed by atoms with Crippen LogP contribution in [-0.2, 0) is 24.7 Å². The molecule has 1 atom stereocenters. The van der Waals surface area contributed by atoms with Crippen molar-refractivity contribution in [2.75, 3.05) is 18.9 Å². The summed E-state index contributed by atoms with van der Waals surface area (Å²) in [5.74, 6) is 1.81. The minimum Gasteiger partial charge on any atom is -0.365 e. The number of nitrogens with one attached hydrogen (secondary N) is 1. The fraction of sp³-hybridized carbons (Fsp3) is 0.400. The third kappa shape index (κ3) is 3.77. The molecule has 1 aliphatic rings. The number of aryl methyl sites for hydroxylation is 3. The molecule has 27 heavy (non-hydrogen) atoms. The third-order valence-electron chi connectivity index (χ3n) is 5.09. The molecule has 7 nitrogen and oxygen atoms in total. The molecule has 0 radical (unpaired) electrons. The van der Waals surface area contributed by atoms with Gasteiger partial charge in [0.15, 0.2) is 5.65 Å². The van der Waals surface area contributed by atoms with Crippen LogP contribution in [0.3, 0.4) is 0 Å². The number of aromatic nitrogens is 4. The second-order valence-electron chi connectivity index (χ2n) is 7.13. The van der Waals surface area contributed by atoms with Gasteiger partial charge in [-0.3, -0.25) is 9.48 Å². The van der Waals surface area contributed by atoms with Gasteiger partial charge < -0.3 is 10.2 Å². The predicted octanol–water partition coefficient (Wildman–Crippen LogP) is 2.18. The monoisotopic (exact) mass is 364 g/mol. The van der Waals surface area contributed by atoms with Crippen molar-refractivity contribution in [1.29, 1.82) is 0 Å². The molecule has 1 fully saturated rings. The van der Waals surface area contributed by atoms with Crippen molar-refractivity contribution >= 4 is 22.8 Å². The molecule has 7 heteroatoms. The van der Waals surface area contributed by atoms with Crippen molar-refractivity contribution in [3.63, 3.8) is 0 Å². The summed E-state index contributed by atoms with van der Waals surface area (Å²) in [6.07, 6.45) is 4.84. The maximum Gasteiger partial charge on any atom is 0.222 e. The quantitative estimate of drug-likeness (QED) is 0.751. The maximum atomic E-state index is 11.7. The molecule has 140 valence electrons. The van der Waals surface area contributed by atoms with Gasteiger partial charge in [0.1, 0.15) is 11.6 Å². The Balaban J connectivity index is 1.58. The lowest BCUT2D eigenvalue weighted by Crippen LogP contribution is -2.43. The van der Waals surface area contributed by atoms with Gasteiger partial charge in [-0.2, -0.15) is 5.10 Å². The van der Waals surface area contributed by atoms with E-state index in [4.69, 9.17) is 9.97 Å². The molecular weight excluding hydrogens is 340 g/mol. The van der Waals surface area contributed by atoms with Crippen molar-refractivity contribution in [3.8, 4) is 0 Å². The molecule has 2 aromatic heterocycles. The molecule has 3 heterocycles. The molecule has 0 bridgehead atoms. The summed E-state index contributed by atoms with van der Waals surface area (Å²) < 4.78 is 1.78. The van der Waals surface area contributed by atoms with E-state index in [2.05, 4.69) is 22.5 Å². The van der Waals surface area contributed by atoms with Gasteiger partial charge >= 0.3 is 0 Å². The Kier molecular flexibility index (Phi) is 4.75. The molecule has 1 N–H and O–H groups in total. The van der Waals surface area contributed by atoms with Crippen molar-refractivity contribution in [1.82, 2.24) is 24.6 Å². The number of fused-ring (bicyclic) bond motifs is 1. The van der Waals surface area contributed by atoms with Crippen LogP contribution in [-0.4, -0.2) is 50.2 Å². The minimum absolute atomic E-state index is 0.188. The molecule has 4 rings (SSSR count). The molecule has 1 aliphatic heterocycles. The zero-order valence-electron chi connectivity index (χ0n) is 15.7. The SMILES string of the molecule is CN1C[C@H](Nc2nc(CCc3ccccc3)nc3c2cnn3C)CCC1=O. The first kappa shape index (κ1) is 17.5. The van der Waals surface area contributed by atoms with Crippen molar-refractivity contribution < 1.29 is 4.79 Å². The number of hydrogen-bond acceptors (Lipinski definition) is 5. The molecule has 0 unspecified atom stereocenters. The van der Waals surface area contributed by atoms with E-state index in [1.807, 2.05) is 32.3 Å². The smallest absolute Gasteiger partial charge is 0.222 e. The first-order valence-corrected chi connectivity index (χ1v) is 9.33. The van der Waals surface area contributed by atoms with Crippen LogP contribution in [0.2, 0.25) is 0 Å². The average molecular weight is 364 g/mol. The van der Waals surface area contributed by atoms with Crippen LogP contribution >= 0.6 is 0 Å². The third-order valence-corrected chi connectivity index (χ3v) is 5.09. The Hall–Kier alpha value is -2.96. The maximum absolute atomic E-state index is 11.7. The van der Waals surface area contributed by atoms with Crippen LogP contribution < -0.4 is 5.32 Å². The minimum atomic E-state index is 0.188. The lowest BCUT2D eigenvalue weighted by Gasteiger charge is -2.30. The lowest BCUT2D eigenvalue weighted by atomic mass is 10.1. The molecular formula is C20H24N6O. The van der Waals surface area contributed by atoms with Crippen LogP contribution in [0.4, 0.5) is 5.82 Å². The van der Waals surface area contributed by atoms with Crippen LogP contribution in [0.25, 0.3) is 11.0 Å². The highest BCUT2D eigenvalue weighted by Crippen LogP contribution is 2.23. The number of piperidine rings is 1. The van der Waals surface area contributed by atoms with E-state index in [9.17, 15) is 4.79 Å². The molecule has 3 aromatic rings. The highest BCUT2D eigenvalue weighted by atomic mass is 16.2.